The van der Waals surface area contributed by atoms with Gasteiger partial charge in [-0.25, -0.2) is 4.79 Å². The van der Waals surface area contributed by atoms with Crippen molar-refractivity contribution < 1.29 is 19.0 Å². The molecule has 0 aliphatic rings. The Balaban J connectivity index is 2.27. The Labute approximate surface area is 115 Å². The van der Waals surface area contributed by atoms with Crippen LogP contribution in [0.5, 0.6) is 17.2 Å². The van der Waals surface area contributed by atoms with Crippen LogP contribution in [0.1, 0.15) is 11.3 Å². The Hall–Kier alpha value is -2.69. The smallest absolute Gasteiger partial charge is 0.339 e. The van der Waals surface area contributed by atoms with E-state index in [1.807, 2.05) is 0 Å². The highest BCUT2D eigenvalue weighted by Crippen LogP contribution is 2.27. The summed E-state index contributed by atoms with van der Waals surface area (Å²) in [5.41, 5.74) is 0.260. The lowest BCUT2D eigenvalue weighted by molar-refractivity contribution is 0.373. The molecule has 0 saturated carbocycles. The summed E-state index contributed by atoms with van der Waals surface area (Å²) in [5.74, 6) is 1.24. The van der Waals surface area contributed by atoms with Crippen molar-refractivity contribution in [3.8, 4) is 17.2 Å². The van der Waals surface area contributed by atoms with Gasteiger partial charge in [0.25, 0.3) is 0 Å². The van der Waals surface area contributed by atoms with Gasteiger partial charge in [-0.3, -0.25) is 0 Å². The van der Waals surface area contributed by atoms with E-state index >= 15 is 0 Å². The average Bonchev–Trinajstić information content (AvgIpc) is 2.44. The summed E-state index contributed by atoms with van der Waals surface area (Å²) in [7, 11) is 2.96. The summed E-state index contributed by atoms with van der Waals surface area (Å²) < 4.78 is 15.0. The van der Waals surface area contributed by atoms with Crippen molar-refractivity contribution >= 4 is 12.2 Å². The zero-order valence-corrected chi connectivity index (χ0v) is 11.1. The predicted octanol–water partition coefficient (Wildman–Crippen LogP) is 2.53. The van der Waals surface area contributed by atoms with Crippen molar-refractivity contribution in [3.63, 3.8) is 0 Å². The molecule has 0 unspecified atom stereocenters. The van der Waals surface area contributed by atoms with Gasteiger partial charge in [0.1, 0.15) is 11.5 Å². The maximum absolute atomic E-state index is 11.3. The van der Waals surface area contributed by atoms with E-state index in [2.05, 4.69) is 0 Å². The first-order valence-corrected chi connectivity index (χ1v) is 5.86. The van der Waals surface area contributed by atoms with Crippen LogP contribution < -0.4 is 15.1 Å². The number of aromatic hydroxyl groups is 1. The van der Waals surface area contributed by atoms with Gasteiger partial charge < -0.3 is 19.0 Å². The first kappa shape index (κ1) is 13.7. The molecule has 0 bridgehead atoms. The minimum absolute atomic E-state index is 0.0433. The molecular weight excluding hydrogens is 260 g/mol. The highest BCUT2D eigenvalue weighted by Gasteiger charge is 2.01. The molecule has 104 valence electrons. The fraction of sp³-hybridized carbons (Fsp3) is 0.133. The summed E-state index contributed by atoms with van der Waals surface area (Å²) in [6, 6.07) is 7.83. The quantitative estimate of drug-likeness (QED) is 0.927. The second kappa shape index (κ2) is 5.97. The Morgan fingerprint density at radius 3 is 2.55 bits per heavy atom. The number of phenolic OH excluding ortho intramolecular Hbond substituents is 1. The van der Waals surface area contributed by atoms with Gasteiger partial charge in [-0.1, -0.05) is 12.1 Å². The molecule has 20 heavy (non-hydrogen) atoms. The minimum atomic E-state index is -0.485. The maximum atomic E-state index is 11.3. The highest BCUT2D eigenvalue weighted by atomic mass is 16.5. The fourth-order valence-corrected chi connectivity index (χ4v) is 1.66. The molecule has 1 aromatic heterocycles. The minimum Gasteiger partial charge on any atom is -0.504 e. The summed E-state index contributed by atoms with van der Waals surface area (Å²) in [5, 5.41) is 9.66. The van der Waals surface area contributed by atoms with Crippen LogP contribution >= 0.6 is 0 Å². The number of phenols is 1. The predicted molar refractivity (Wildman–Crippen MR) is 75.1 cm³/mol. The molecule has 1 heterocycles. The van der Waals surface area contributed by atoms with E-state index in [4.69, 9.17) is 13.9 Å². The van der Waals surface area contributed by atoms with E-state index in [9.17, 15) is 9.90 Å². The summed E-state index contributed by atoms with van der Waals surface area (Å²) in [4.78, 5) is 11.3. The molecule has 0 fully saturated rings. The van der Waals surface area contributed by atoms with Gasteiger partial charge in [-0.15, -0.1) is 0 Å². The molecule has 0 saturated heterocycles. The number of ether oxygens (including phenoxy) is 2. The van der Waals surface area contributed by atoms with Crippen LogP contribution in [0.4, 0.5) is 0 Å². The number of rotatable bonds is 4. The lowest BCUT2D eigenvalue weighted by Crippen LogP contribution is -1.98. The van der Waals surface area contributed by atoms with E-state index < -0.39 is 5.63 Å². The van der Waals surface area contributed by atoms with Crippen LogP contribution in [0.3, 0.4) is 0 Å². The van der Waals surface area contributed by atoms with Crippen molar-refractivity contribution in [2.75, 3.05) is 14.2 Å². The van der Waals surface area contributed by atoms with Crippen LogP contribution in [0.2, 0.25) is 0 Å². The molecule has 0 aliphatic carbocycles. The summed E-state index contributed by atoms with van der Waals surface area (Å²) in [6.45, 7) is 0. The van der Waals surface area contributed by atoms with Crippen molar-refractivity contribution in [2.45, 2.75) is 0 Å². The van der Waals surface area contributed by atoms with Gasteiger partial charge >= 0.3 is 5.63 Å². The van der Waals surface area contributed by atoms with E-state index in [1.54, 1.807) is 36.4 Å². The van der Waals surface area contributed by atoms with Crippen molar-refractivity contribution in [1.29, 1.82) is 0 Å². The molecule has 5 heteroatoms. The molecule has 0 atom stereocenters. The zero-order valence-electron chi connectivity index (χ0n) is 11.1. The lowest BCUT2D eigenvalue weighted by Gasteiger charge is -2.03. The van der Waals surface area contributed by atoms with Crippen LogP contribution in [-0.2, 0) is 0 Å². The van der Waals surface area contributed by atoms with Crippen LogP contribution in [0.15, 0.2) is 39.5 Å². The second-order valence-electron chi connectivity index (χ2n) is 3.98. The molecule has 0 spiro atoms. The standard InChI is InChI=1S/C15H14O5/c1-18-12-8-11(20-15(17)9-12)5-3-10-4-6-14(19-2)13(16)7-10/h3-9,16H,1-2H3. The fourth-order valence-electron chi connectivity index (χ4n) is 1.66. The van der Waals surface area contributed by atoms with Crippen molar-refractivity contribution in [3.05, 3.63) is 52.1 Å². The number of hydrogen-bond acceptors (Lipinski definition) is 5. The maximum Gasteiger partial charge on any atom is 0.339 e. The zero-order chi connectivity index (χ0) is 14.5. The SMILES string of the molecule is COc1cc(C=Cc2ccc(OC)c(O)c2)oc(=O)c1. The molecule has 2 rings (SSSR count). The Morgan fingerprint density at radius 2 is 1.90 bits per heavy atom. The van der Waals surface area contributed by atoms with Gasteiger partial charge in [0, 0.05) is 6.07 Å². The third-order valence-corrected chi connectivity index (χ3v) is 2.64. The Bertz CT molecular complexity index is 685. The average molecular weight is 274 g/mol. The van der Waals surface area contributed by atoms with Gasteiger partial charge in [0.15, 0.2) is 11.5 Å². The molecule has 2 aromatic rings. The third-order valence-electron chi connectivity index (χ3n) is 2.64. The monoisotopic (exact) mass is 274 g/mol. The van der Waals surface area contributed by atoms with Gasteiger partial charge in [-0.2, -0.15) is 0 Å². The molecule has 1 aromatic carbocycles. The van der Waals surface area contributed by atoms with Crippen LogP contribution in [0.25, 0.3) is 12.2 Å². The van der Waals surface area contributed by atoms with Crippen LogP contribution in [-0.4, -0.2) is 19.3 Å². The Kier molecular flexibility index (Phi) is 4.10. The number of methoxy groups -OCH3 is 2. The molecule has 1 N–H and O–H groups in total. The molecule has 0 radical (unpaired) electrons. The molecular formula is C15H14O5. The normalized spacial score (nSPS) is 10.7. The Morgan fingerprint density at radius 1 is 1.10 bits per heavy atom. The molecule has 0 aliphatic heterocycles. The van der Waals surface area contributed by atoms with E-state index in [-0.39, 0.29) is 5.75 Å². The van der Waals surface area contributed by atoms with E-state index in [0.717, 1.165) is 5.56 Å². The second-order valence-corrected chi connectivity index (χ2v) is 3.98. The van der Waals surface area contributed by atoms with Gasteiger partial charge in [-0.05, 0) is 23.8 Å². The lowest BCUT2D eigenvalue weighted by atomic mass is 10.2. The topological polar surface area (TPSA) is 68.9 Å². The van der Waals surface area contributed by atoms with E-state index in [1.165, 1.54) is 20.3 Å². The summed E-state index contributed by atoms with van der Waals surface area (Å²) >= 11 is 0. The van der Waals surface area contributed by atoms with Crippen molar-refractivity contribution in [2.24, 2.45) is 0 Å². The number of hydrogen-bond donors (Lipinski definition) is 1. The summed E-state index contributed by atoms with van der Waals surface area (Å²) in [6.07, 6.45) is 3.32. The first-order chi connectivity index (χ1) is 9.62. The van der Waals surface area contributed by atoms with Gasteiger partial charge in [0.2, 0.25) is 0 Å². The number of benzene rings is 1. The molecule has 5 nitrogen and oxygen atoms in total. The van der Waals surface area contributed by atoms with Gasteiger partial charge in [0.05, 0.1) is 20.3 Å². The van der Waals surface area contributed by atoms with E-state index in [0.29, 0.717) is 17.3 Å². The largest absolute Gasteiger partial charge is 0.504 e. The molecule has 0 amide bonds. The first-order valence-electron chi connectivity index (χ1n) is 5.86. The highest BCUT2D eigenvalue weighted by molar-refractivity contribution is 5.69. The third kappa shape index (κ3) is 3.20. The van der Waals surface area contributed by atoms with Crippen LogP contribution in [0, 0.1) is 0 Å². The van der Waals surface area contributed by atoms with Crippen molar-refractivity contribution in [1.82, 2.24) is 0 Å².